The maximum Gasteiger partial charge on any atom is 0.191 e. The molecule has 2 aromatic rings. The summed E-state index contributed by atoms with van der Waals surface area (Å²) in [6.07, 6.45) is 0. The van der Waals surface area contributed by atoms with E-state index in [4.69, 9.17) is 25.8 Å². The van der Waals surface area contributed by atoms with E-state index in [-0.39, 0.29) is 24.0 Å². The first-order chi connectivity index (χ1) is 13.1. The number of halogens is 2. The number of nitrogens with one attached hydrogen (secondary N) is 2. The molecule has 0 unspecified atom stereocenters. The fourth-order valence-electron chi connectivity index (χ4n) is 2.59. The lowest BCUT2D eigenvalue weighted by Gasteiger charge is -2.16. The average molecular weight is 520 g/mol. The quantitative estimate of drug-likeness (QED) is 0.310. The topological polar surface area (TPSA) is 64.1 Å². The van der Waals surface area contributed by atoms with Crippen LogP contribution in [-0.2, 0) is 13.1 Å². The van der Waals surface area contributed by atoms with Gasteiger partial charge >= 0.3 is 0 Å². The first-order valence-electron chi connectivity index (χ1n) is 8.68. The van der Waals surface area contributed by atoms with Crippen LogP contribution < -0.4 is 24.8 Å². The Balaban J connectivity index is 0.00000392. The smallest absolute Gasteiger partial charge is 0.191 e. The Hall–Kier alpha value is -1.87. The van der Waals surface area contributed by atoms with Crippen molar-refractivity contribution in [1.29, 1.82) is 0 Å². The van der Waals surface area contributed by atoms with Crippen LogP contribution in [0.4, 0.5) is 0 Å². The second-order valence-electron chi connectivity index (χ2n) is 5.63. The zero-order valence-corrected chi connectivity index (χ0v) is 19.6. The fraction of sp³-hybridized carbons (Fsp3) is 0.350. The molecule has 0 spiro atoms. The number of rotatable bonds is 8. The van der Waals surface area contributed by atoms with Crippen LogP contribution in [0.25, 0.3) is 0 Å². The zero-order valence-electron chi connectivity index (χ0n) is 16.5. The summed E-state index contributed by atoms with van der Waals surface area (Å²) in [6.45, 7) is 3.56. The molecule has 154 valence electrons. The molecule has 0 aliphatic rings. The molecule has 0 radical (unpaired) electrons. The molecule has 2 rings (SSSR count). The summed E-state index contributed by atoms with van der Waals surface area (Å²) in [5, 5.41) is 7.06. The van der Waals surface area contributed by atoms with Gasteiger partial charge in [0, 0.05) is 25.7 Å². The molecule has 2 N–H and O–H groups in total. The summed E-state index contributed by atoms with van der Waals surface area (Å²) in [5.41, 5.74) is 2.01. The summed E-state index contributed by atoms with van der Waals surface area (Å²) in [6, 6.07) is 11.6. The van der Waals surface area contributed by atoms with Gasteiger partial charge in [-0.3, -0.25) is 4.99 Å². The number of methoxy groups -OCH3 is 2. The van der Waals surface area contributed by atoms with Crippen molar-refractivity contribution in [3.8, 4) is 17.2 Å². The highest BCUT2D eigenvalue weighted by Gasteiger charge is 2.12. The van der Waals surface area contributed by atoms with Crippen molar-refractivity contribution in [3.05, 3.63) is 52.5 Å². The van der Waals surface area contributed by atoms with Gasteiger partial charge in [-0.1, -0.05) is 29.8 Å². The number of para-hydroxylation sites is 1. The van der Waals surface area contributed by atoms with Crippen molar-refractivity contribution in [1.82, 2.24) is 10.6 Å². The third kappa shape index (κ3) is 6.63. The molecule has 0 heterocycles. The molecule has 0 amide bonds. The summed E-state index contributed by atoms with van der Waals surface area (Å²) in [5.74, 6) is 2.68. The third-order valence-electron chi connectivity index (χ3n) is 3.90. The largest absolute Gasteiger partial charge is 0.496 e. The van der Waals surface area contributed by atoms with Gasteiger partial charge in [-0.25, -0.2) is 0 Å². The number of hydrogen-bond donors (Lipinski definition) is 2. The number of ether oxygens (including phenoxy) is 3. The molecule has 0 saturated heterocycles. The Morgan fingerprint density at radius 2 is 1.71 bits per heavy atom. The van der Waals surface area contributed by atoms with Gasteiger partial charge in [0.2, 0.25) is 0 Å². The van der Waals surface area contributed by atoms with Crippen LogP contribution in [0.5, 0.6) is 17.2 Å². The van der Waals surface area contributed by atoms with Crippen LogP contribution in [0.1, 0.15) is 18.1 Å². The minimum absolute atomic E-state index is 0. The van der Waals surface area contributed by atoms with Gasteiger partial charge in [0.25, 0.3) is 0 Å². The molecule has 2 aromatic carbocycles. The van der Waals surface area contributed by atoms with Gasteiger partial charge < -0.3 is 24.8 Å². The molecule has 6 nitrogen and oxygen atoms in total. The van der Waals surface area contributed by atoms with Crippen molar-refractivity contribution < 1.29 is 14.2 Å². The predicted octanol–water partition coefficient (Wildman–Crippen LogP) is 4.24. The van der Waals surface area contributed by atoms with E-state index in [2.05, 4.69) is 15.6 Å². The molecule has 0 bridgehead atoms. The standard InChI is InChI=1S/C20H26ClN3O3.HI/c1-5-27-19-16(21)10-14(11-18(19)26-4)12-23-20(22-2)24-13-15-8-6-7-9-17(15)25-3;/h6-11H,5,12-13H2,1-4H3,(H2,22,23,24);1H. The Morgan fingerprint density at radius 3 is 2.36 bits per heavy atom. The average Bonchev–Trinajstić information content (AvgIpc) is 2.70. The van der Waals surface area contributed by atoms with Crippen LogP contribution in [0.3, 0.4) is 0 Å². The number of aliphatic imine (C=N–C) groups is 1. The number of hydrogen-bond acceptors (Lipinski definition) is 4. The van der Waals surface area contributed by atoms with E-state index in [1.165, 1.54) is 0 Å². The zero-order chi connectivity index (χ0) is 19.6. The highest BCUT2D eigenvalue weighted by molar-refractivity contribution is 14.0. The SMILES string of the molecule is CCOc1c(Cl)cc(CNC(=NC)NCc2ccccc2OC)cc1OC.I. The minimum atomic E-state index is 0. The first-order valence-corrected chi connectivity index (χ1v) is 9.06. The van der Waals surface area contributed by atoms with Crippen LogP contribution in [0, 0.1) is 0 Å². The normalized spacial score (nSPS) is 10.7. The Labute approximate surface area is 188 Å². The maximum absolute atomic E-state index is 6.32. The second kappa shape index (κ2) is 12.6. The van der Waals surface area contributed by atoms with Crippen LogP contribution in [0.2, 0.25) is 5.02 Å². The predicted molar refractivity (Wildman–Crippen MR) is 125 cm³/mol. The molecule has 0 fully saturated rings. The van der Waals surface area contributed by atoms with E-state index in [0.29, 0.717) is 42.2 Å². The number of nitrogens with zero attached hydrogens (tertiary/aromatic N) is 1. The first kappa shape index (κ1) is 24.2. The highest BCUT2D eigenvalue weighted by Crippen LogP contribution is 2.36. The molecular formula is C20H27ClIN3O3. The van der Waals surface area contributed by atoms with Crippen molar-refractivity contribution >= 4 is 41.5 Å². The summed E-state index contributed by atoms with van der Waals surface area (Å²) in [4.78, 5) is 4.25. The fourth-order valence-corrected chi connectivity index (χ4v) is 2.88. The van der Waals surface area contributed by atoms with Crippen LogP contribution in [-0.4, -0.2) is 33.8 Å². The summed E-state index contributed by atoms with van der Waals surface area (Å²) in [7, 11) is 4.98. The van der Waals surface area contributed by atoms with E-state index in [9.17, 15) is 0 Å². The molecule has 28 heavy (non-hydrogen) atoms. The second-order valence-corrected chi connectivity index (χ2v) is 6.04. The summed E-state index contributed by atoms with van der Waals surface area (Å²) >= 11 is 6.32. The molecular weight excluding hydrogens is 493 g/mol. The lowest BCUT2D eigenvalue weighted by Crippen LogP contribution is -2.36. The van der Waals surface area contributed by atoms with E-state index in [0.717, 1.165) is 16.9 Å². The third-order valence-corrected chi connectivity index (χ3v) is 4.18. The lowest BCUT2D eigenvalue weighted by molar-refractivity contribution is 0.311. The van der Waals surface area contributed by atoms with Crippen molar-refractivity contribution in [2.75, 3.05) is 27.9 Å². The van der Waals surface area contributed by atoms with Crippen molar-refractivity contribution in [2.45, 2.75) is 20.0 Å². The molecule has 8 heteroatoms. The van der Waals surface area contributed by atoms with E-state index < -0.39 is 0 Å². The number of benzene rings is 2. The van der Waals surface area contributed by atoms with E-state index in [1.807, 2.05) is 43.3 Å². The lowest BCUT2D eigenvalue weighted by atomic mass is 10.2. The Kier molecular flexibility index (Phi) is 10.8. The monoisotopic (exact) mass is 519 g/mol. The van der Waals surface area contributed by atoms with Crippen LogP contribution >= 0.6 is 35.6 Å². The number of guanidine groups is 1. The minimum Gasteiger partial charge on any atom is -0.496 e. The Morgan fingerprint density at radius 1 is 1.04 bits per heavy atom. The van der Waals surface area contributed by atoms with Gasteiger partial charge in [-0.15, -0.1) is 24.0 Å². The van der Waals surface area contributed by atoms with E-state index in [1.54, 1.807) is 21.3 Å². The van der Waals surface area contributed by atoms with Crippen molar-refractivity contribution in [3.63, 3.8) is 0 Å². The van der Waals surface area contributed by atoms with Crippen LogP contribution in [0.15, 0.2) is 41.4 Å². The Bertz CT molecular complexity index is 787. The van der Waals surface area contributed by atoms with E-state index >= 15 is 0 Å². The maximum atomic E-state index is 6.32. The molecule has 0 aliphatic carbocycles. The molecule has 0 atom stereocenters. The van der Waals surface area contributed by atoms with Gasteiger partial charge in [-0.05, 0) is 30.7 Å². The molecule has 0 aromatic heterocycles. The van der Waals surface area contributed by atoms with Gasteiger partial charge in [-0.2, -0.15) is 0 Å². The van der Waals surface area contributed by atoms with Gasteiger partial charge in [0.05, 0.1) is 25.8 Å². The molecule has 0 aliphatic heterocycles. The molecule has 0 saturated carbocycles. The van der Waals surface area contributed by atoms with Gasteiger partial charge in [0.15, 0.2) is 17.5 Å². The summed E-state index contributed by atoms with van der Waals surface area (Å²) < 4.78 is 16.3. The van der Waals surface area contributed by atoms with Gasteiger partial charge in [0.1, 0.15) is 5.75 Å². The van der Waals surface area contributed by atoms with Crippen molar-refractivity contribution in [2.24, 2.45) is 4.99 Å². The highest BCUT2D eigenvalue weighted by atomic mass is 127.